The molecule has 2 unspecified atom stereocenters. The topological polar surface area (TPSA) is 12.9 Å². The van der Waals surface area contributed by atoms with E-state index in [1.54, 1.807) is 0 Å². The number of hydrogen-bond donors (Lipinski definition) is 0. The molecule has 0 spiro atoms. The van der Waals surface area contributed by atoms with Crippen LogP contribution in [0.5, 0.6) is 0 Å². The molecule has 0 N–H and O–H groups in total. The number of halogens is 1. The first-order valence-corrected chi connectivity index (χ1v) is 7.27. The van der Waals surface area contributed by atoms with Crippen molar-refractivity contribution in [2.75, 3.05) is 0 Å². The van der Waals surface area contributed by atoms with Crippen molar-refractivity contribution in [1.29, 1.82) is 0 Å². The molecule has 1 rings (SSSR count). The molecule has 0 aliphatic heterocycles. The van der Waals surface area contributed by atoms with Crippen LogP contribution in [0.2, 0.25) is 0 Å². The van der Waals surface area contributed by atoms with Gasteiger partial charge in [-0.15, -0.1) is 0 Å². The Balaban J connectivity index is 2.56. The smallest absolute Gasteiger partial charge is 0.0443 e. The van der Waals surface area contributed by atoms with Gasteiger partial charge in [0, 0.05) is 23.1 Å². The summed E-state index contributed by atoms with van der Waals surface area (Å²) in [4.78, 5) is 4.98. The fourth-order valence-electron chi connectivity index (χ4n) is 1.76. The summed E-state index contributed by atoms with van der Waals surface area (Å²) < 4.78 is 0. The van der Waals surface area contributed by atoms with Crippen LogP contribution in [-0.4, -0.2) is 9.81 Å². The average molecular weight is 298 g/mol. The minimum atomic E-state index is 0.380. The minimum absolute atomic E-state index is 0.380. The molecule has 1 aromatic heterocycles. The Kier molecular flexibility index (Phi) is 5.18. The van der Waals surface area contributed by atoms with Crippen molar-refractivity contribution in [1.82, 2.24) is 4.98 Å². The summed E-state index contributed by atoms with van der Waals surface area (Å²) in [6.45, 7) is 11.4. The van der Waals surface area contributed by atoms with Crippen LogP contribution in [-0.2, 0) is 6.42 Å². The Hall–Kier alpha value is -0.370. The predicted molar refractivity (Wildman–Crippen MR) is 78.6 cm³/mol. The maximum atomic E-state index is 4.46. The highest BCUT2D eigenvalue weighted by Gasteiger charge is 2.23. The first kappa shape index (κ1) is 14.7. The van der Waals surface area contributed by atoms with Crippen LogP contribution < -0.4 is 0 Å². The van der Waals surface area contributed by atoms with E-state index in [9.17, 15) is 0 Å². The molecule has 96 valence electrons. The highest BCUT2D eigenvalue weighted by molar-refractivity contribution is 9.09. The first-order chi connectivity index (χ1) is 7.80. The van der Waals surface area contributed by atoms with E-state index in [1.165, 1.54) is 17.7 Å². The molecule has 0 aliphatic rings. The van der Waals surface area contributed by atoms with Crippen molar-refractivity contribution in [2.24, 2.45) is 11.3 Å². The Morgan fingerprint density at radius 2 is 2.00 bits per heavy atom. The highest BCUT2D eigenvalue weighted by atomic mass is 79.9. The fraction of sp³-hybridized carbons (Fsp3) is 0.667. The normalized spacial score (nSPS) is 15.6. The zero-order chi connectivity index (χ0) is 13.1. The predicted octanol–water partition coefficient (Wildman–Crippen LogP) is 4.77. The van der Waals surface area contributed by atoms with E-state index in [1.807, 2.05) is 12.3 Å². The van der Waals surface area contributed by atoms with Crippen LogP contribution in [0.15, 0.2) is 18.3 Å². The highest BCUT2D eigenvalue weighted by Crippen LogP contribution is 2.31. The van der Waals surface area contributed by atoms with Crippen molar-refractivity contribution < 1.29 is 0 Å². The number of aromatic nitrogens is 1. The lowest BCUT2D eigenvalue weighted by atomic mass is 9.79. The van der Waals surface area contributed by atoms with Gasteiger partial charge in [-0.1, -0.05) is 49.7 Å². The van der Waals surface area contributed by atoms with Gasteiger partial charge in [0.25, 0.3) is 0 Å². The van der Waals surface area contributed by atoms with Crippen LogP contribution in [0.25, 0.3) is 0 Å². The summed E-state index contributed by atoms with van der Waals surface area (Å²) in [5, 5.41) is 0. The molecular weight excluding hydrogens is 274 g/mol. The summed E-state index contributed by atoms with van der Waals surface area (Å²) in [6.07, 6.45) is 4.10. The maximum absolute atomic E-state index is 4.46. The van der Waals surface area contributed by atoms with Crippen LogP contribution in [0.4, 0.5) is 0 Å². The van der Waals surface area contributed by atoms with Crippen molar-refractivity contribution in [3.63, 3.8) is 0 Å². The molecule has 0 fully saturated rings. The van der Waals surface area contributed by atoms with E-state index in [0.29, 0.717) is 16.2 Å². The van der Waals surface area contributed by atoms with E-state index in [0.717, 1.165) is 6.42 Å². The van der Waals surface area contributed by atoms with E-state index in [4.69, 9.17) is 0 Å². The van der Waals surface area contributed by atoms with Crippen LogP contribution >= 0.6 is 15.9 Å². The summed E-state index contributed by atoms with van der Waals surface area (Å²) in [5.41, 5.74) is 2.89. The number of nitrogens with zero attached hydrogens (tertiary/aromatic N) is 1. The molecule has 0 amide bonds. The van der Waals surface area contributed by atoms with E-state index >= 15 is 0 Å². The number of rotatable bonds is 4. The lowest BCUT2D eigenvalue weighted by molar-refractivity contribution is 0.246. The van der Waals surface area contributed by atoms with Crippen molar-refractivity contribution in [3.05, 3.63) is 29.6 Å². The van der Waals surface area contributed by atoms with E-state index < -0.39 is 0 Å². The Labute approximate surface area is 114 Å². The standard InChI is InChI=1S/C15H24BrN/c1-11-7-6-8-17-14(11)10-13(16)9-12(2)15(3,4)5/h6-8,12-13H,9-10H2,1-5H3. The lowest BCUT2D eigenvalue weighted by Crippen LogP contribution is -2.21. The molecule has 1 nitrogen and oxygen atoms in total. The van der Waals surface area contributed by atoms with Crippen molar-refractivity contribution in [2.45, 2.75) is 52.3 Å². The summed E-state index contributed by atoms with van der Waals surface area (Å²) in [5.74, 6) is 0.705. The van der Waals surface area contributed by atoms with Gasteiger partial charge in [-0.25, -0.2) is 0 Å². The molecule has 0 radical (unpaired) electrons. The van der Waals surface area contributed by atoms with Gasteiger partial charge in [0.1, 0.15) is 0 Å². The number of hydrogen-bond acceptors (Lipinski definition) is 1. The molecule has 2 heteroatoms. The van der Waals surface area contributed by atoms with Crippen molar-refractivity contribution in [3.8, 4) is 0 Å². The second-order valence-corrected chi connectivity index (χ2v) is 7.37. The third kappa shape index (κ3) is 4.79. The molecule has 0 saturated carbocycles. The quantitative estimate of drug-likeness (QED) is 0.730. The van der Waals surface area contributed by atoms with Gasteiger partial charge in [-0.3, -0.25) is 4.98 Å². The molecule has 0 saturated heterocycles. The number of pyridine rings is 1. The Bertz CT molecular complexity index is 354. The van der Waals surface area contributed by atoms with Crippen LogP contribution in [0.1, 0.15) is 45.4 Å². The molecule has 0 aliphatic carbocycles. The second-order valence-electron chi connectivity index (χ2n) is 6.07. The Morgan fingerprint density at radius 3 is 2.53 bits per heavy atom. The zero-order valence-corrected chi connectivity index (χ0v) is 13.2. The summed E-state index contributed by atoms with van der Waals surface area (Å²) >= 11 is 3.80. The maximum Gasteiger partial charge on any atom is 0.0443 e. The molecule has 1 aromatic rings. The molecular formula is C15H24BrN. The van der Waals surface area contributed by atoms with Crippen molar-refractivity contribution >= 4 is 15.9 Å². The largest absolute Gasteiger partial charge is 0.261 e. The zero-order valence-electron chi connectivity index (χ0n) is 11.6. The monoisotopic (exact) mass is 297 g/mol. The van der Waals surface area contributed by atoms with Gasteiger partial charge in [-0.05, 0) is 36.3 Å². The molecule has 2 atom stereocenters. The van der Waals surface area contributed by atoms with Gasteiger partial charge >= 0.3 is 0 Å². The molecule has 0 bridgehead atoms. The van der Waals surface area contributed by atoms with Gasteiger partial charge in [0.15, 0.2) is 0 Å². The van der Waals surface area contributed by atoms with Gasteiger partial charge in [0.2, 0.25) is 0 Å². The second kappa shape index (κ2) is 5.99. The fourth-order valence-corrected chi connectivity index (χ4v) is 2.63. The molecule has 0 aromatic carbocycles. The van der Waals surface area contributed by atoms with Gasteiger partial charge < -0.3 is 0 Å². The SMILES string of the molecule is Cc1cccnc1CC(Br)CC(C)C(C)(C)C. The van der Waals surface area contributed by atoms with Gasteiger partial charge in [-0.2, -0.15) is 0 Å². The molecule has 17 heavy (non-hydrogen) atoms. The summed E-state index contributed by atoms with van der Waals surface area (Å²) in [6, 6.07) is 4.13. The Morgan fingerprint density at radius 1 is 1.35 bits per heavy atom. The lowest BCUT2D eigenvalue weighted by Gasteiger charge is -2.29. The van der Waals surface area contributed by atoms with E-state index in [-0.39, 0.29) is 0 Å². The molecule has 1 heterocycles. The number of aryl methyl sites for hydroxylation is 1. The van der Waals surface area contributed by atoms with Crippen LogP contribution in [0, 0.1) is 18.3 Å². The average Bonchev–Trinajstić information content (AvgIpc) is 2.20. The number of alkyl halides is 1. The van der Waals surface area contributed by atoms with Gasteiger partial charge in [0.05, 0.1) is 0 Å². The van der Waals surface area contributed by atoms with E-state index in [2.05, 4.69) is 61.6 Å². The third-order valence-electron chi connectivity index (χ3n) is 3.62. The third-order valence-corrected chi connectivity index (χ3v) is 4.32. The van der Waals surface area contributed by atoms with Crippen LogP contribution in [0.3, 0.4) is 0 Å². The summed E-state index contributed by atoms with van der Waals surface area (Å²) in [7, 11) is 0. The first-order valence-electron chi connectivity index (χ1n) is 6.35. The minimum Gasteiger partial charge on any atom is -0.261 e.